The van der Waals surface area contributed by atoms with Gasteiger partial charge in [0.15, 0.2) is 10.9 Å². The van der Waals surface area contributed by atoms with Gasteiger partial charge < -0.3 is 0 Å². The Labute approximate surface area is 182 Å². The van der Waals surface area contributed by atoms with Crippen LogP contribution in [0.25, 0.3) is 0 Å². The van der Waals surface area contributed by atoms with Crippen molar-refractivity contribution >= 4 is 34.2 Å². The third-order valence-corrected chi connectivity index (χ3v) is 6.32. The molecule has 6 nitrogen and oxygen atoms in total. The third-order valence-electron chi connectivity index (χ3n) is 5.10. The molecule has 2 heterocycles. The van der Waals surface area contributed by atoms with Crippen LogP contribution < -0.4 is 4.90 Å². The molecule has 3 amide bonds. The molecule has 0 saturated carbocycles. The van der Waals surface area contributed by atoms with Crippen molar-refractivity contribution in [1.82, 2.24) is 9.88 Å². The molecule has 1 aromatic heterocycles. The Bertz CT molecular complexity index is 1130. The Balaban J connectivity index is 1.45. The highest BCUT2D eigenvalue weighted by atomic mass is 32.1. The second-order valence-electron chi connectivity index (χ2n) is 7.22. The first-order valence-corrected chi connectivity index (χ1v) is 10.7. The van der Waals surface area contributed by atoms with E-state index in [0.29, 0.717) is 28.5 Å². The van der Waals surface area contributed by atoms with Crippen molar-refractivity contribution in [2.24, 2.45) is 0 Å². The molecule has 0 unspecified atom stereocenters. The number of hydrogen-bond donors (Lipinski definition) is 0. The summed E-state index contributed by atoms with van der Waals surface area (Å²) in [5.74, 6) is -0.954. The molecule has 0 bridgehead atoms. The Morgan fingerprint density at radius 2 is 1.77 bits per heavy atom. The summed E-state index contributed by atoms with van der Waals surface area (Å²) in [7, 11) is 0. The van der Waals surface area contributed by atoms with Crippen molar-refractivity contribution in [3.05, 3.63) is 82.1 Å². The van der Waals surface area contributed by atoms with Gasteiger partial charge in [-0.3, -0.25) is 19.4 Å². The fourth-order valence-corrected chi connectivity index (χ4v) is 4.48. The van der Waals surface area contributed by atoms with Crippen LogP contribution in [0.5, 0.6) is 0 Å². The van der Waals surface area contributed by atoms with E-state index < -0.39 is 17.8 Å². The number of benzene rings is 2. The summed E-state index contributed by atoms with van der Waals surface area (Å²) in [4.78, 5) is 45.6. The fourth-order valence-electron chi connectivity index (χ4n) is 3.42. The molecule has 2 aromatic carbocycles. The first-order chi connectivity index (χ1) is 14.9. The van der Waals surface area contributed by atoms with Gasteiger partial charge in [-0.05, 0) is 43.2 Å². The van der Waals surface area contributed by atoms with Gasteiger partial charge >= 0.3 is 6.03 Å². The smallest absolute Gasteiger partial charge is 0.293 e. The minimum Gasteiger partial charge on any atom is -0.293 e. The molecular formula is C23H20FN3O3S. The largest absolute Gasteiger partial charge is 0.333 e. The molecule has 0 aliphatic carbocycles. The highest BCUT2D eigenvalue weighted by Gasteiger charge is 2.36. The van der Waals surface area contributed by atoms with E-state index in [0.717, 1.165) is 10.5 Å². The quantitative estimate of drug-likeness (QED) is 0.533. The molecule has 0 spiro atoms. The second kappa shape index (κ2) is 8.77. The molecule has 158 valence electrons. The number of amides is 3. The van der Waals surface area contributed by atoms with Crippen LogP contribution in [-0.2, 0) is 6.42 Å². The molecule has 31 heavy (non-hydrogen) atoms. The number of ketones is 1. The van der Waals surface area contributed by atoms with Crippen molar-refractivity contribution in [3.63, 3.8) is 0 Å². The predicted octanol–water partition coefficient (Wildman–Crippen LogP) is 4.49. The van der Waals surface area contributed by atoms with E-state index in [1.807, 2.05) is 30.3 Å². The minimum atomic E-state index is -0.494. The lowest BCUT2D eigenvalue weighted by Gasteiger charge is -2.15. The molecule has 0 atom stereocenters. The number of Topliss-reactive ketones (excluding diaryl/α,β-unsaturated/α-hetero) is 1. The number of urea groups is 1. The maximum absolute atomic E-state index is 13.1. The molecule has 3 aromatic rings. The molecule has 1 aliphatic rings. The van der Waals surface area contributed by atoms with Crippen molar-refractivity contribution in [1.29, 1.82) is 0 Å². The summed E-state index contributed by atoms with van der Waals surface area (Å²) in [5, 5.41) is 0.403. The summed E-state index contributed by atoms with van der Waals surface area (Å²) in [6.07, 6.45) is 0.991. The standard InChI is InChI=1S/C23H20FN3O3S/c1-15-20(19(28)12-7-16-5-3-2-4-6-16)31-22(25-15)27-14-13-26(23(27)30)21(29)17-8-10-18(24)11-9-17/h2-6,8-11H,7,12-14H2,1H3. The average molecular weight is 437 g/mol. The lowest BCUT2D eigenvalue weighted by molar-refractivity contribution is 0.0829. The van der Waals surface area contributed by atoms with Crippen LogP contribution in [0.4, 0.5) is 14.3 Å². The number of hydrogen-bond acceptors (Lipinski definition) is 5. The van der Waals surface area contributed by atoms with Crippen LogP contribution in [0.1, 0.15) is 37.7 Å². The highest BCUT2D eigenvalue weighted by Crippen LogP contribution is 2.30. The van der Waals surface area contributed by atoms with Gasteiger partial charge in [-0.25, -0.2) is 14.2 Å². The Morgan fingerprint density at radius 3 is 2.48 bits per heavy atom. The van der Waals surface area contributed by atoms with Gasteiger partial charge in [-0.2, -0.15) is 0 Å². The van der Waals surface area contributed by atoms with Gasteiger partial charge in [0.1, 0.15) is 5.82 Å². The maximum atomic E-state index is 13.1. The van der Waals surface area contributed by atoms with Gasteiger partial charge in [0.05, 0.1) is 10.6 Å². The van der Waals surface area contributed by atoms with E-state index >= 15 is 0 Å². The van der Waals surface area contributed by atoms with Gasteiger partial charge in [0.2, 0.25) is 0 Å². The van der Waals surface area contributed by atoms with Crippen LogP contribution in [0.2, 0.25) is 0 Å². The van der Waals surface area contributed by atoms with Crippen LogP contribution in [0, 0.1) is 12.7 Å². The zero-order valence-electron chi connectivity index (χ0n) is 16.9. The summed E-state index contributed by atoms with van der Waals surface area (Å²) < 4.78 is 13.1. The van der Waals surface area contributed by atoms with Crippen LogP contribution in [0.15, 0.2) is 54.6 Å². The number of anilines is 1. The van der Waals surface area contributed by atoms with Gasteiger partial charge in [0.25, 0.3) is 5.91 Å². The SMILES string of the molecule is Cc1nc(N2CCN(C(=O)c3ccc(F)cc3)C2=O)sc1C(=O)CCc1ccccc1. The van der Waals surface area contributed by atoms with E-state index in [4.69, 9.17) is 0 Å². The number of nitrogens with zero attached hydrogens (tertiary/aromatic N) is 3. The molecular weight excluding hydrogens is 417 g/mol. The fraction of sp³-hybridized carbons (Fsp3) is 0.217. The Kier molecular flexibility index (Phi) is 5.90. The summed E-state index contributed by atoms with van der Waals surface area (Å²) in [6, 6.07) is 14.3. The minimum absolute atomic E-state index is 0.0176. The molecule has 0 radical (unpaired) electrons. The van der Waals surface area contributed by atoms with Crippen molar-refractivity contribution < 1.29 is 18.8 Å². The van der Waals surface area contributed by atoms with Crippen molar-refractivity contribution in [3.8, 4) is 0 Å². The zero-order valence-corrected chi connectivity index (χ0v) is 17.7. The van der Waals surface area contributed by atoms with Crippen molar-refractivity contribution in [2.45, 2.75) is 19.8 Å². The summed E-state index contributed by atoms with van der Waals surface area (Å²) in [5.41, 5.74) is 1.90. The maximum Gasteiger partial charge on any atom is 0.333 e. The van der Waals surface area contributed by atoms with E-state index in [1.54, 1.807) is 6.92 Å². The number of imide groups is 1. The predicted molar refractivity (Wildman–Crippen MR) is 116 cm³/mol. The number of carbonyl (C=O) groups is 3. The molecule has 0 N–H and O–H groups in total. The van der Waals surface area contributed by atoms with Gasteiger partial charge in [-0.1, -0.05) is 41.7 Å². The highest BCUT2D eigenvalue weighted by molar-refractivity contribution is 7.17. The van der Waals surface area contributed by atoms with Gasteiger partial charge in [0, 0.05) is 25.1 Å². The number of rotatable bonds is 6. The lowest BCUT2D eigenvalue weighted by atomic mass is 10.1. The number of carbonyl (C=O) groups excluding carboxylic acids is 3. The Hall–Kier alpha value is -3.39. The lowest BCUT2D eigenvalue weighted by Crippen LogP contribution is -2.36. The van der Waals surface area contributed by atoms with E-state index in [1.165, 1.54) is 40.5 Å². The zero-order chi connectivity index (χ0) is 22.0. The van der Waals surface area contributed by atoms with E-state index in [-0.39, 0.29) is 24.4 Å². The molecule has 1 saturated heterocycles. The van der Waals surface area contributed by atoms with Gasteiger partial charge in [-0.15, -0.1) is 0 Å². The molecule has 8 heteroatoms. The summed E-state index contributed by atoms with van der Waals surface area (Å²) >= 11 is 1.17. The Morgan fingerprint density at radius 1 is 1.06 bits per heavy atom. The topological polar surface area (TPSA) is 70.6 Å². The molecule has 1 aliphatic heterocycles. The average Bonchev–Trinajstić information content (AvgIpc) is 3.35. The van der Waals surface area contributed by atoms with Crippen LogP contribution in [-0.4, -0.2) is 40.7 Å². The first kappa shape index (κ1) is 20.9. The third kappa shape index (κ3) is 4.39. The molecule has 4 rings (SSSR count). The summed E-state index contributed by atoms with van der Waals surface area (Å²) in [6.45, 7) is 2.24. The monoisotopic (exact) mass is 437 g/mol. The second-order valence-corrected chi connectivity index (χ2v) is 8.20. The normalized spacial score (nSPS) is 13.7. The van der Waals surface area contributed by atoms with Crippen LogP contribution in [0.3, 0.4) is 0 Å². The molecule has 1 fully saturated rings. The van der Waals surface area contributed by atoms with E-state index in [9.17, 15) is 18.8 Å². The number of aryl methyl sites for hydroxylation is 2. The van der Waals surface area contributed by atoms with E-state index in [2.05, 4.69) is 4.98 Å². The number of aromatic nitrogens is 1. The van der Waals surface area contributed by atoms with Crippen molar-refractivity contribution in [2.75, 3.05) is 18.0 Å². The first-order valence-electron chi connectivity index (χ1n) is 9.87. The number of thiazole rings is 1. The number of halogens is 1. The van der Waals surface area contributed by atoms with Crippen LogP contribution >= 0.6 is 11.3 Å².